The van der Waals surface area contributed by atoms with Gasteiger partial charge in [0.1, 0.15) is 6.61 Å². The minimum absolute atomic E-state index is 0.0654. The van der Waals surface area contributed by atoms with Gasteiger partial charge in [0.05, 0.1) is 6.61 Å². The first kappa shape index (κ1) is 9.35. The SMILES string of the molecule is NCCOC(=O)C(O)CO. The third-order valence-corrected chi connectivity index (χ3v) is 0.807. The van der Waals surface area contributed by atoms with Crippen molar-refractivity contribution < 1.29 is 19.7 Å². The van der Waals surface area contributed by atoms with Crippen molar-refractivity contribution in [2.75, 3.05) is 19.8 Å². The van der Waals surface area contributed by atoms with Crippen molar-refractivity contribution in [3.05, 3.63) is 0 Å². The second-order valence-corrected chi connectivity index (χ2v) is 1.65. The van der Waals surface area contributed by atoms with E-state index in [4.69, 9.17) is 15.9 Å². The Hall–Kier alpha value is -0.650. The van der Waals surface area contributed by atoms with Gasteiger partial charge in [0.25, 0.3) is 0 Å². The molecule has 1 unspecified atom stereocenters. The van der Waals surface area contributed by atoms with E-state index in [9.17, 15) is 4.79 Å². The van der Waals surface area contributed by atoms with E-state index in [2.05, 4.69) is 4.74 Å². The lowest BCUT2D eigenvalue weighted by Gasteiger charge is -2.05. The number of aliphatic hydroxyl groups is 2. The molecule has 0 radical (unpaired) electrons. The van der Waals surface area contributed by atoms with Crippen molar-refractivity contribution in [3.8, 4) is 0 Å². The fourth-order valence-electron chi connectivity index (χ4n) is 0.330. The average Bonchev–Trinajstić information content (AvgIpc) is 1.98. The Bertz CT molecular complexity index is 106. The molecule has 0 rings (SSSR count). The van der Waals surface area contributed by atoms with Crippen LogP contribution in [0.15, 0.2) is 0 Å². The predicted molar refractivity (Wildman–Crippen MR) is 33.1 cm³/mol. The lowest BCUT2D eigenvalue weighted by Crippen LogP contribution is -2.28. The summed E-state index contributed by atoms with van der Waals surface area (Å²) in [7, 11) is 0. The molecule has 0 fully saturated rings. The van der Waals surface area contributed by atoms with Crippen molar-refractivity contribution >= 4 is 5.97 Å². The van der Waals surface area contributed by atoms with E-state index < -0.39 is 18.7 Å². The standard InChI is InChI=1S/C5H11NO4/c6-1-2-10-5(9)4(8)3-7/h4,7-8H,1-3,6H2. The van der Waals surface area contributed by atoms with E-state index in [-0.39, 0.29) is 13.2 Å². The van der Waals surface area contributed by atoms with Gasteiger partial charge in [-0.15, -0.1) is 0 Å². The normalized spacial score (nSPS) is 12.7. The van der Waals surface area contributed by atoms with E-state index in [0.29, 0.717) is 0 Å². The Morgan fingerprint density at radius 1 is 1.70 bits per heavy atom. The van der Waals surface area contributed by atoms with Crippen molar-refractivity contribution in [3.63, 3.8) is 0 Å². The molecule has 0 aromatic carbocycles. The van der Waals surface area contributed by atoms with Crippen LogP contribution in [0, 0.1) is 0 Å². The van der Waals surface area contributed by atoms with Crippen LogP contribution in [0.4, 0.5) is 0 Å². The summed E-state index contributed by atoms with van der Waals surface area (Å²) in [5.41, 5.74) is 5.00. The van der Waals surface area contributed by atoms with E-state index in [1.807, 2.05) is 0 Å². The summed E-state index contributed by atoms with van der Waals surface area (Å²) in [5.74, 6) is -0.840. The minimum Gasteiger partial charge on any atom is -0.462 e. The summed E-state index contributed by atoms with van der Waals surface area (Å²) in [4.78, 5) is 10.4. The molecule has 0 heterocycles. The Kier molecular flexibility index (Phi) is 4.82. The first-order valence-corrected chi connectivity index (χ1v) is 2.88. The highest BCUT2D eigenvalue weighted by atomic mass is 16.5. The predicted octanol–water partition coefficient (Wildman–Crippen LogP) is -2.16. The Morgan fingerprint density at radius 3 is 2.70 bits per heavy atom. The maximum Gasteiger partial charge on any atom is 0.337 e. The van der Waals surface area contributed by atoms with E-state index in [1.54, 1.807) is 0 Å². The van der Waals surface area contributed by atoms with Crippen LogP contribution >= 0.6 is 0 Å². The smallest absolute Gasteiger partial charge is 0.337 e. The highest BCUT2D eigenvalue weighted by Gasteiger charge is 2.13. The summed E-state index contributed by atoms with van der Waals surface area (Å²) < 4.78 is 4.37. The van der Waals surface area contributed by atoms with Crippen molar-refractivity contribution in [1.82, 2.24) is 0 Å². The van der Waals surface area contributed by atoms with Crippen LogP contribution in [0.5, 0.6) is 0 Å². The second-order valence-electron chi connectivity index (χ2n) is 1.65. The van der Waals surface area contributed by atoms with Crippen LogP contribution in [0.1, 0.15) is 0 Å². The van der Waals surface area contributed by atoms with E-state index >= 15 is 0 Å². The molecule has 0 bridgehead atoms. The number of nitrogens with two attached hydrogens (primary N) is 1. The summed E-state index contributed by atoms with van der Waals surface area (Å²) >= 11 is 0. The number of rotatable bonds is 4. The molecule has 0 aliphatic carbocycles. The van der Waals surface area contributed by atoms with Gasteiger partial charge in [-0.3, -0.25) is 0 Å². The molecule has 0 aromatic heterocycles. The fourth-order valence-corrected chi connectivity index (χ4v) is 0.330. The maximum absolute atomic E-state index is 10.4. The highest BCUT2D eigenvalue weighted by Crippen LogP contribution is 1.85. The maximum atomic E-state index is 10.4. The Balaban J connectivity index is 3.42. The van der Waals surface area contributed by atoms with Gasteiger partial charge >= 0.3 is 5.97 Å². The third kappa shape index (κ3) is 3.39. The van der Waals surface area contributed by atoms with Gasteiger partial charge in [-0.1, -0.05) is 0 Å². The first-order valence-electron chi connectivity index (χ1n) is 2.88. The molecule has 5 heteroatoms. The van der Waals surface area contributed by atoms with Crippen molar-refractivity contribution in [1.29, 1.82) is 0 Å². The van der Waals surface area contributed by atoms with Crippen LogP contribution in [0.25, 0.3) is 0 Å². The Labute approximate surface area is 58.4 Å². The largest absolute Gasteiger partial charge is 0.462 e. The summed E-state index contributed by atoms with van der Waals surface area (Å²) in [6.45, 7) is -0.344. The molecule has 0 aromatic rings. The van der Waals surface area contributed by atoms with Gasteiger partial charge in [0, 0.05) is 6.54 Å². The topological polar surface area (TPSA) is 92.8 Å². The summed E-state index contributed by atoms with van der Waals surface area (Å²) in [6, 6.07) is 0. The average molecular weight is 149 g/mol. The van der Waals surface area contributed by atoms with E-state index in [0.717, 1.165) is 0 Å². The molecule has 0 saturated heterocycles. The molecular formula is C5H11NO4. The van der Waals surface area contributed by atoms with Gasteiger partial charge in [-0.05, 0) is 0 Å². The number of carbonyl (C=O) groups excluding carboxylic acids is 1. The number of esters is 1. The lowest BCUT2D eigenvalue weighted by atomic mass is 10.4. The van der Waals surface area contributed by atoms with Crippen molar-refractivity contribution in [2.45, 2.75) is 6.10 Å². The monoisotopic (exact) mass is 149 g/mol. The number of carbonyl (C=O) groups is 1. The van der Waals surface area contributed by atoms with Gasteiger partial charge in [0.15, 0.2) is 6.10 Å². The van der Waals surface area contributed by atoms with Gasteiger partial charge in [-0.25, -0.2) is 4.79 Å². The molecule has 5 nitrogen and oxygen atoms in total. The number of aliphatic hydroxyl groups excluding tert-OH is 2. The zero-order valence-corrected chi connectivity index (χ0v) is 5.49. The zero-order chi connectivity index (χ0) is 7.98. The molecule has 1 atom stereocenters. The highest BCUT2D eigenvalue weighted by molar-refractivity contribution is 5.74. The molecule has 60 valence electrons. The molecule has 0 amide bonds. The number of ether oxygens (including phenoxy) is 1. The van der Waals surface area contributed by atoms with Crippen LogP contribution in [-0.2, 0) is 9.53 Å². The van der Waals surface area contributed by atoms with Crippen LogP contribution in [-0.4, -0.2) is 42.0 Å². The Morgan fingerprint density at radius 2 is 2.30 bits per heavy atom. The third-order valence-electron chi connectivity index (χ3n) is 0.807. The zero-order valence-electron chi connectivity index (χ0n) is 5.49. The van der Waals surface area contributed by atoms with Crippen molar-refractivity contribution in [2.24, 2.45) is 5.73 Å². The van der Waals surface area contributed by atoms with Crippen LogP contribution in [0.3, 0.4) is 0 Å². The minimum atomic E-state index is -1.44. The van der Waals surface area contributed by atoms with E-state index in [1.165, 1.54) is 0 Å². The van der Waals surface area contributed by atoms with Gasteiger partial charge in [0.2, 0.25) is 0 Å². The first-order chi connectivity index (χ1) is 4.72. The summed E-state index contributed by atoms with van der Waals surface area (Å²) in [5, 5.41) is 16.8. The molecule has 10 heavy (non-hydrogen) atoms. The van der Waals surface area contributed by atoms with Crippen LogP contribution in [0.2, 0.25) is 0 Å². The number of hydrogen-bond acceptors (Lipinski definition) is 5. The number of hydrogen-bond donors (Lipinski definition) is 3. The molecule has 0 aliphatic rings. The fraction of sp³-hybridized carbons (Fsp3) is 0.800. The molecule has 0 spiro atoms. The van der Waals surface area contributed by atoms with Crippen LogP contribution < -0.4 is 5.73 Å². The van der Waals surface area contributed by atoms with Gasteiger partial charge < -0.3 is 20.7 Å². The molecule has 4 N–H and O–H groups in total. The summed E-state index contributed by atoms with van der Waals surface area (Å²) in [6.07, 6.45) is -1.44. The molecule has 0 saturated carbocycles. The molecular weight excluding hydrogens is 138 g/mol. The second kappa shape index (κ2) is 5.16. The van der Waals surface area contributed by atoms with Gasteiger partial charge in [-0.2, -0.15) is 0 Å². The quantitative estimate of drug-likeness (QED) is 0.396. The lowest BCUT2D eigenvalue weighted by molar-refractivity contribution is -0.155. The molecule has 0 aliphatic heterocycles.